The average molecular weight is 500 g/mol. The molecule has 1 N–H and O–H groups in total. The standard InChI is InChI=1S/C22H22F6N6O/c1-12-2-5-17(35-11-21(23,24)25)34-19(12)31-20(32-34)30-18-13-3-4-14(18)10-33(9-13)15-6-7-29-16(8-15)22(26,27)28/h2,5-8,13-14,18H,3-4,9-11H2,1H3,(H,30,32)/t13-,14+,18-. The second kappa shape index (κ2) is 8.45. The highest BCUT2D eigenvalue weighted by molar-refractivity contribution is 5.53. The number of hydrogen-bond donors (Lipinski definition) is 1. The largest absolute Gasteiger partial charge is 0.468 e. The van der Waals surface area contributed by atoms with Gasteiger partial charge in [0, 0.05) is 37.1 Å². The number of pyridine rings is 2. The Labute approximate surface area is 196 Å². The molecule has 3 aromatic heterocycles. The van der Waals surface area contributed by atoms with Gasteiger partial charge in [-0.15, -0.1) is 5.10 Å². The van der Waals surface area contributed by atoms with Crippen LogP contribution in [0, 0.1) is 18.8 Å². The van der Waals surface area contributed by atoms with Crippen molar-refractivity contribution in [3.8, 4) is 5.88 Å². The Hall–Kier alpha value is -3.25. The van der Waals surface area contributed by atoms with Crippen LogP contribution in [0.1, 0.15) is 24.1 Å². The van der Waals surface area contributed by atoms with Gasteiger partial charge in [0.25, 0.3) is 0 Å². The van der Waals surface area contributed by atoms with Gasteiger partial charge in [0.1, 0.15) is 5.69 Å². The smallest absolute Gasteiger partial charge is 0.433 e. The van der Waals surface area contributed by atoms with Crippen LogP contribution in [0.4, 0.5) is 38.0 Å². The van der Waals surface area contributed by atoms with Crippen LogP contribution in [0.25, 0.3) is 5.65 Å². The number of nitrogens with zero attached hydrogens (tertiary/aromatic N) is 5. The van der Waals surface area contributed by atoms with E-state index in [0.29, 0.717) is 24.4 Å². The van der Waals surface area contributed by atoms with Crippen molar-refractivity contribution in [2.45, 2.75) is 38.2 Å². The van der Waals surface area contributed by atoms with Crippen LogP contribution in [-0.4, -0.2) is 51.5 Å². The van der Waals surface area contributed by atoms with Gasteiger partial charge in [-0.1, -0.05) is 6.07 Å². The molecule has 2 aliphatic rings. The summed E-state index contributed by atoms with van der Waals surface area (Å²) in [5.41, 5.74) is 0.667. The number of aromatic nitrogens is 4. The third-order valence-electron chi connectivity index (χ3n) is 6.56. The number of hydrogen-bond acceptors (Lipinski definition) is 6. The third kappa shape index (κ3) is 4.80. The molecule has 13 heteroatoms. The van der Waals surface area contributed by atoms with Crippen molar-refractivity contribution in [1.29, 1.82) is 0 Å². The summed E-state index contributed by atoms with van der Waals surface area (Å²) in [7, 11) is 0. The summed E-state index contributed by atoms with van der Waals surface area (Å²) in [6, 6.07) is 5.68. The first-order chi connectivity index (χ1) is 16.5. The zero-order valence-electron chi connectivity index (χ0n) is 18.6. The number of aryl methyl sites for hydroxylation is 1. The fourth-order valence-electron chi connectivity index (χ4n) is 4.98. The van der Waals surface area contributed by atoms with Gasteiger partial charge in [-0.3, -0.25) is 4.98 Å². The molecule has 0 aromatic carbocycles. The lowest BCUT2D eigenvalue weighted by Crippen LogP contribution is -2.48. The fourth-order valence-corrected chi connectivity index (χ4v) is 4.98. The van der Waals surface area contributed by atoms with E-state index in [4.69, 9.17) is 4.74 Å². The van der Waals surface area contributed by atoms with Crippen molar-refractivity contribution < 1.29 is 31.1 Å². The Balaban J connectivity index is 1.33. The molecule has 0 amide bonds. The van der Waals surface area contributed by atoms with E-state index in [2.05, 4.69) is 20.4 Å². The summed E-state index contributed by atoms with van der Waals surface area (Å²) in [5.74, 6) is 0.490. The first kappa shape index (κ1) is 23.5. The summed E-state index contributed by atoms with van der Waals surface area (Å²) in [6.45, 7) is 1.44. The molecule has 4 heterocycles. The third-order valence-corrected chi connectivity index (χ3v) is 6.56. The topological polar surface area (TPSA) is 67.6 Å². The minimum absolute atomic E-state index is 0.00700. The molecule has 0 spiro atoms. The van der Waals surface area contributed by atoms with Crippen molar-refractivity contribution >= 4 is 17.3 Å². The molecular weight excluding hydrogens is 478 g/mol. The Morgan fingerprint density at radius 2 is 1.77 bits per heavy atom. The molecule has 3 atom stereocenters. The van der Waals surface area contributed by atoms with Crippen molar-refractivity contribution in [1.82, 2.24) is 19.6 Å². The summed E-state index contributed by atoms with van der Waals surface area (Å²) in [5, 5.41) is 7.66. The number of piperidine rings is 1. The molecule has 7 nitrogen and oxygen atoms in total. The van der Waals surface area contributed by atoms with Crippen LogP contribution in [0.2, 0.25) is 0 Å². The molecule has 1 saturated carbocycles. The van der Waals surface area contributed by atoms with Crippen molar-refractivity contribution in [3.05, 3.63) is 41.7 Å². The van der Waals surface area contributed by atoms with Crippen LogP contribution in [-0.2, 0) is 6.18 Å². The Bertz CT molecular complexity index is 1210. The number of alkyl halides is 6. The Kier molecular flexibility index (Phi) is 5.67. The summed E-state index contributed by atoms with van der Waals surface area (Å²) < 4.78 is 83.3. The zero-order valence-corrected chi connectivity index (χ0v) is 18.6. The van der Waals surface area contributed by atoms with Gasteiger partial charge in [-0.2, -0.15) is 35.8 Å². The van der Waals surface area contributed by atoms with E-state index in [-0.39, 0.29) is 29.7 Å². The van der Waals surface area contributed by atoms with Crippen LogP contribution in [0.5, 0.6) is 5.88 Å². The predicted octanol–water partition coefficient (Wildman–Crippen LogP) is 4.72. The molecule has 0 unspecified atom stereocenters. The lowest BCUT2D eigenvalue weighted by molar-refractivity contribution is -0.154. The quantitative estimate of drug-likeness (QED) is 0.512. The minimum Gasteiger partial charge on any atom is -0.468 e. The number of nitrogens with one attached hydrogen (secondary N) is 1. The average Bonchev–Trinajstić information content (AvgIpc) is 3.30. The molecule has 2 fully saturated rings. The highest BCUT2D eigenvalue weighted by atomic mass is 19.4. The van der Waals surface area contributed by atoms with E-state index in [0.717, 1.165) is 24.5 Å². The molecular formula is C22H22F6N6O. The first-order valence-electron chi connectivity index (χ1n) is 11.1. The van der Waals surface area contributed by atoms with Gasteiger partial charge < -0.3 is 15.0 Å². The summed E-state index contributed by atoms with van der Waals surface area (Å²) in [6.07, 6.45) is -6.04. The molecule has 2 bridgehead atoms. The molecule has 35 heavy (non-hydrogen) atoms. The lowest BCUT2D eigenvalue weighted by atomic mass is 9.92. The van der Waals surface area contributed by atoms with Crippen LogP contribution in [0.3, 0.4) is 0 Å². The lowest BCUT2D eigenvalue weighted by Gasteiger charge is -2.39. The predicted molar refractivity (Wildman–Crippen MR) is 114 cm³/mol. The summed E-state index contributed by atoms with van der Waals surface area (Å²) >= 11 is 0. The van der Waals surface area contributed by atoms with Gasteiger partial charge in [-0.05, 0) is 49.3 Å². The SMILES string of the molecule is Cc1ccc(OCC(F)(F)F)n2nc(N[C@@H]3[C@@H]4CC[C@H]3CN(c3ccnc(C(F)(F)F)c3)C4)nc12. The maximum absolute atomic E-state index is 13.1. The second-order valence-corrected chi connectivity index (χ2v) is 9.00. The van der Waals surface area contributed by atoms with Gasteiger partial charge >= 0.3 is 12.4 Å². The summed E-state index contributed by atoms with van der Waals surface area (Å²) in [4.78, 5) is 9.84. The van der Waals surface area contributed by atoms with Gasteiger partial charge in [0.05, 0.1) is 0 Å². The Morgan fingerprint density at radius 3 is 2.43 bits per heavy atom. The van der Waals surface area contributed by atoms with E-state index in [9.17, 15) is 26.3 Å². The van der Waals surface area contributed by atoms with E-state index < -0.39 is 24.7 Å². The Morgan fingerprint density at radius 1 is 1.06 bits per heavy atom. The minimum atomic E-state index is -4.51. The van der Waals surface area contributed by atoms with E-state index >= 15 is 0 Å². The second-order valence-electron chi connectivity index (χ2n) is 9.00. The number of anilines is 2. The normalized spacial score (nSPS) is 22.6. The molecule has 3 aromatic rings. The highest BCUT2D eigenvalue weighted by Crippen LogP contribution is 2.41. The number of rotatable bonds is 5. The number of fused-ring (bicyclic) bond motifs is 3. The maximum atomic E-state index is 13.1. The number of ether oxygens (including phenoxy) is 1. The molecule has 1 aliphatic carbocycles. The van der Waals surface area contributed by atoms with Crippen LogP contribution >= 0.6 is 0 Å². The van der Waals surface area contributed by atoms with Crippen molar-refractivity contribution in [3.63, 3.8) is 0 Å². The van der Waals surface area contributed by atoms with Crippen molar-refractivity contribution in [2.75, 3.05) is 29.9 Å². The van der Waals surface area contributed by atoms with Crippen molar-refractivity contribution in [2.24, 2.45) is 11.8 Å². The van der Waals surface area contributed by atoms with E-state index in [1.54, 1.807) is 19.1 Å². The molecule has 1 saturated heterocycles. The monoisotopic (exact) mass is 500 g/mol. The first-order valence-corrected chi connectivity index (χ1v) is 11.1. The number of halogens is 6. The van der Waals surface area contributed by atoms with Crippen LogP contribution < -0.4 is 15.0 Å². The molecule has 0 radical (unpaired) electrons. The highest BCUT2D eigenvalue weighted by Gasteiger charge is 2.43. The van der Waals surface area contributed by atoms with Gasteiger partial charge in [0.2, 0.25) is 11.8 Å². The van der Waals surface area contributed by atoms with E-state index in [1.807, 2.05) is 4.90 Å². The van der Waals surface area contributed by atoms with Gasteiger partial charge in [-0.25, -0.2) is 0 Å². The van der Waals surface area contributed by atoms with Crippen LogP contribution in [0.15, 0.2) is 30.5 Å². The maximum Gasteiger partial charge on any atom is 0.433 e. The molecule has 188 valence electrons. The molecule has 1 aliphatic heterocycles. The fraction of sp³-hybridized carbons (Fsp3) is 0.500. The zero-order chi connectivity index (χ0) is 25.0. The van der Waals surface area contributed by atoms with Gasteiger partial charge in [0.15, 0.2) is 12.3 Å². The molecule has 5 rings (SSSR count). The van der Waals surface area contributed by atoms with E-state index in [1.165, 1.54) is 16.8 Å².